The van der Waals surface area contributed by atoms with Crippen LogP contribution in [-0.4, -0.2) is 42.9 Å². The fourth-order valence-corrected chi connectivity index (χ4v) is 1.58. The molecular weight excluding hydrogens is 308 g/mol. The van der Waals surface area contributed by atoms with Gasteiger partial charge in [-0.25, -0.2) is 8.78 Å². The second-order valence-corrected chi connectivity index (χ2v) is 4.42. The normalized spacial score (nSPS) is 10.4. The molecule has 1 rings (SSSR count). The quantitative estimate of drug-likeness (QED) is 0.595. The van der Waals surface area contributed by atoms with Gasteiger partial charge in [-0.1, -0.05) is 22.0 Å². The molecule has 1 aromatic rings. The van der Waals surface area contributed by atoms with Gasteiger partial charge in [-0.3, -0.25) is 4.79 Å². The molecule has 0 saturated carbocycles. The van der Waals surface area contributed by atoms with Crippen molar-refractivity contribution in [2.24, 2.45) is 0 Å². The van der Waals surface area contributed by atoms with Crippen molar-refractivity contribution in [2.45, 2.75) is 0 Å². The maximum absolute atomic E-state index is 13.4. The molecule has 0 spiro atoms. The van der Waals surface area contributed by atoms with Gasteiger partial charge in [0.05, 0.1) is 13.2 Å². The Hall–Kier alpha value is -1.01. The van der Waals surface area contributed by atoms with Gasteiger partial charge >= 0.3 is 0 Å². The molecule has 0 aliphatic rings. The molecule has 0 aromatic heterocycles. The van der Waals surface area contributed by atoms with Gasteiger partial charge in [-0.15, -0.1) is 0 Å². The van der Waals surface area contributed by atoms with Gasteiger partial charge in [0.2, 0.25) is 0 Å². The summed E-state index contributed by atoms with van der Waals surface area (Å²) in [4.78, 5) is 13.1. The molecule has 6 heteroatoms. The van der Waals surface area contributed by atoms with E-state index in [0.717, 1.165) is 12.1 Å². The molecule has 0 saturated heterocycles. The molecular formula is C12H14BrF2NO2. The summed E-state index contributed by atoms with van der Waals surface area (Å²) in [5.41, 5.74) is -0.527. The van der Waals surface area contributed by atoms with Crippen molar-refractivity contribution in [1.29, 1.82) is 0 Å². The van der Waals surface area contributed by atoms with Crippen LogP contribution >= 0.6 is 15.9 Å². The van der Waals surface area contributed by atoms with Gasteiger partial charge in [0.15, 0.2) is 0 Å². The molecule has 0 aliphatic heterocycles. The minimum atomic E-state index is -0.853. The molecule has 0 fully saturated rings. The van der Waals surface area contributed by atoms with Crippen LogP contribution in [0.3, 0.4) is 0 Å². The molecule has 0 heterocycles. The Morgan fingerprint density at radius 2 is 1.94 bits per heavy atom. The van der Waals surface area contributed by atoms with E-state index in [-0.39, 0.29) is 6.54 Å². The van der Waals surface area contributed by atoms with E-state index in [1.54, 1.807) is 0 Å². The monoisotopic (exact) mass is 321 g/mol. The lowest BCUT2D eigenvalue weighted by molar-refractivity contribution is 0.0704. The number of rotatable bonds is 6. The third kappa shape index (κ3) is 4.03. The van der Waals surface area contributed by atoms with Crippen molar-refractivity contribution in [3.63, 3.8) is 0 Å². The number of hydrogen-bond acceptors (Lipinski definition) is 2. The van der Waals surface area contributed by atoms with Gasteiger partial charge in [-0.2, -0.15) is 0 Å². The van der Waals surface area contributed by atoms with E-state index in [4.69, 9.17) is 4.74 Å². The molecule has 3 nitrogen and oxygen atoms in total. The summed E-state index contributed by atoms with van der Waals surface area (Å²) in [7, 11) is 1.48. The number of alkyl halides is 1. The fourth-order valence-electron chi connectivity index (χ4n) is 1.35. The molecule has 0 N–H and O–H groups in total. The lowest BCUT2D eigenvalue weighted by Gasteiger charge is -2.17. The van der Waals surface area contributed by atoms with Crippen LogP contribution in [0.25, 0.3) is 0 Å². The number of benzene rings is 1. The van der Waals surface area contributed by atoms with Crippen LogP contribution in [0.4, 0.5) is 8.78 Å². The van der Waals surface area contributed by atoms with Crippen molar-refractivity contribution in [1.82, 2.24) is 4.90 Å². The topological polar surface area (TPSA) is 29.5 Å². The first kappa shape index (κ1) is 15.0. The second-order valence-electron chi connectivity index (χ2n) is 3.62. The third-order valence-electron chi connectivity index (χ3n) is 2.32. The molecule has 1 amide bonds. The predicted octanol–water partition coefficient (Wildman–Crippen LogP) is 2.45. The van der Waals surface area contributed by atoms with Crippen molar-refractivity contribution in [3.8, 4) is 0 Å². The zero-order valence-electron chi connectivity index (χ0n) is 9.96. The summed E-state index contributed by atoms with van der Waals surface area (Å²) in [6.45, 7) is 1.12. The molecule has 0 unspecified atom stereocenters. The van der Waals surface area contributed by atoms with Crippen LogP contribution < -0.4 is 0 Å². The summed E-state index contributed by atoms with van der Waals surface area (Å²) in [5, 5.41) is 0.701. The lowest BCUT2D eigenvalue weighted by atomic mass is 10.1. The second kappa shape index (κ2) is 7.43. The van der Waals surface area contributed by atoms with E-state index in [1.807, 2.05) is 0 Å². The van der Waals surface area contributed by atoms with Crippen LogP contribution in [0.5, 0.6) is 0 Å². The summed E-state index contributed by atoms with van der Waals surface area (Å²) in [6.07, 6.45) is 0. The Balaban J connectivity index is 2.63. The van der Waals surface area contributed by atoms with Crippen molar-refractivity contribution in [3.05, 3.63) is 35.4 Å². The molecule has 0 atom stereocenters. The standard InChI is InChI=1S/C12H14BrF2NO2/c1-16(6-8-18-7-5-13)12(17)11-9(14)3-2-4-10(11)15/h2-4H,5-8H2,1H3. The SMILES string of the molecule is CN(CCOCCBr)C(=O)c1c(F)cccc1F. The zero-order chi connectivity index (χ0) is 13.5. The highest BCUT2D eigenvalue weighted by Gasteiger charge is 2.20. The largest absolute Gasteiger partial charge is 0.379 e. The van der Waals surface area contributed by atoms with E-state index >= 15 is 0 Å². The summed E-state index contributed by atoms with van der Waals surface area (Å²) < 4.78 is 31.9. The highest BCUT2D eigenvalue weighted by Crippen LogP contribution is 2.13. The highest BCUT2D eigenvalue weighted by molar-refractivity contribution is 9.09. The van der Waals surface area contributed by atoms with Crippen molar-refractivity contribution < 1.29 is 18.3 Å². The number of amides is 1. The first-order valence-electron chi connectivity index (χ1n) is 5.41. The van der Waals surface area contributed by atoms with E-state index in [0.29, 0.717) is 18.5 Å². The smallest absolute Gasteiger partial charge is 0.259 e. The Kier molecular flexibility index (Phi) is 6.21. The van der Waals surface area contributed by atoms with Crippen LogP contribution in [0.2, 0.25) is 0 Å². The Labute approximate surface area is 113 Å². The molecule has 0 radical (unpaired) electrons. The zero-order valence-corrected chi connectivity index (χ0v) is 11.5. The number of halogens is 3. The number of carbonyl (C=O) groups excluding carboxylic acids is 1. The molecule has 18 heavy (non-hydrogen) atoms. The lowest BCUT2D eigenvalue weighted by Crippen LogP contribution is -2.31. The van der Waals surface area contributed by atoms with Crippen LogP contribution in [0.15, 0.2) is 18.2 Å². The molecule has 0 aliphatic carbocycles. The van der Waals surface area contributed by atoms with Gasteiger partial charge in [0.25, 0.3) is 5.91 Å². The first-order valence-corrected chi connectivity index (χ1v) is 6.53. The third-order valence-corrected chi connectivity index (χ3v) is 2.64. The fraction of sp³-hybridized carbons (Fsp3) is 0.417. The van der Waals surface area contributed by atoms with Crippen molar-refractivity contribution in [2.75, 3.05) is 32.1 Å². The molecule has 100 valence electrons. The highest BCUT2D eigenvalue weighted by atomic mass is 79.9. The van der Waals surface area contributed by atoms with Gasteiger partial charge in [-0.05, 0) is 12.1 Å². The molecule has 1 aromatic carbocycles. The number of hydrogen-bond donors (Lipinski definition) is 0. The van der Waals surface area contributed by atoms with Crippen LogP contribution in [0, 0.1) is 11.6 Å². The number of ether oxygens (including phenoxy) is 1. The number of likely N-dealkylation sites (N-methyl/N-ethyl adjacent to an activating group) is 1. The van der Waals surface area contributed by atoms with Gasteiger partial charge in [0, 0.05) is 18.9 Å². The number of nitrogens with zero attached hydrogens (tertiary/aromatic N) is 1. The molecule has 0 bridgehead atoms. The summed E-state index contributed by atoms with van der Waals surface area (Å²) in [5.74, 6) is -2.39. The predicted molar refractivity (Wildman–Crippen MR) is 67.9 cm³/mol. The maximum Gasteiger partial charge on any atom is 0.259 e. The minimum absolute atomic E-state index is 0.277. The Morgan fingerprint density at radius 3 is 2.50 bits per heavy atom. The van der Waals surface area contributed by atoms with E-state index in [2.05, 4.69) is 15.9 Å². The Bertz CT molecular complexity index is 395. The number of carbonyl (C=O) groups is 1. The summed E-state index contributed by atoms with van der Waals surface area (Å²) in [6, 6.07) is 3.34. The van der Waals surface area contributed by atoms with E-state index < -0.39 is 23.1 Å². The van der Waals surface area contributed by atoms with Crippen molar-refractivity contribution >= 4 is 21.8 Å². The minimum Gasteiger partial charge on any atom is -0.379 e. The maximum atomic E-state index is 13.4. The average Bonchev–Trinajstić information content (AvgIpc) is 2.34. The average molecular weight is 322 g/mol. The van der Waals surface area contributed by atoms with E-state index in [1.165, 1.54) is 18.0 Å². The van der Waals surface area contributed by atoms with Gasteiger partial charge < -0.3 is 9.64 Å². The van der Waals surface area contributed by atoms with Crippen LogP contribution in [0.1, 0.15) is 10.4 Å². The van der Waals surface area contributed by atoms with E-state index in [9.17, 15) is 13.6 Å². The Morgan fingerprint density at radius 1 is 1.33 bits per heavy atom. The first-order chi connectivity index (χ1) is 8.57. The summed E-state index contributed by atoms with van der Waals surface area (Å²) >= 11 is 3.20. The van der Waals surface area contributed by atoms with Gasteiger partial charge in [0.1, 0.15) is 17.2 Å². The van der Waals surface area contributed by atoms with Crippen LogP contribution in [-0.2, 0) is 4.74 Å².